The van der Waals surface area contributed by atoms with E-state index in [1.54, 1.807) is 0 Å². The van der Waals surface area contributed by atoms with Gasteiger partial charge in [-0.05, 0) is 37.8 Å². The second-order valence-corrected chi connectivity index (χ2v) is 6.23. The molecule has 0 spiro atoms. The largest absolute Gasteiger partial charge is 0.440 e. The number of nitrogens with one attached hydrogen (secondary N) is 1. The van der Waals surface area contributed by atoms with Crippen LogP contribution in [0.15, 0.2) is 22.6 Å². The van der Waals surface area contributed by atoms with Crippen LogP contribution in [-0.4, -0.2) is 29.6 Å². The van der Waals surface area contributed by atoms with Gasteiger partial charge in [-0.15, -0.1) is 0 Å². The quantitative estimate of drug-likeness (QED) is 0.906. The number of hydrogen-bond acceptors (Lipinski definition) is 5. The Labute approximate surface area is 128 Å². The summed E-state index contributed by atoms with van der Waals surface area (Å²) in [5.41, 5.74) is 7.55. The minimum Gasteiger partial charge on any atom is -0.440 e. The van der Waals surface area contributed by atoms with Crippen molar-refractivity contribution in [3.8, 4) is 0 Å². The van der Waals surface area contributed by atoms with E-state index < -0.39 is 5.54 Å². The number of amides is 1. The van der Waals surface area contributed by atoms with Crippen molar-refractivity contribution < 1.29 is 13.9 Å². The highest BCUT2D eigenvalue weighted by Crippen LogP contribution is 2.40. The van der Waals surface area contributed by atoms with Gasteiger partial charge in [-0.2, -0.15) is 0 Å². The third-order valence-electron chi connectivity index (χ3n) is 4.43. The monoisotopic (exact) mass is 301 g/mol. The van der Waals surface area contributed by atoms with Gasteiger partial charge in [-0.3, -0.25) is 4.79 Å². The van der Waals surface area contributed by atoms with E-state index in [0.717, 1.165) is 24.2 Å². The number of nitrogens with zero attached hydrogens (tertiary/aromatic N) is 1. The van der Waals surface area contributed by atoms with Crippen LogP contribution in [0.3, 0.4) is 0 Å². The number of anilines is 1. The van der Waals surface area contributed by atoms with Crippen LogP contribution in [0.2, 0.25) is 0 Å². The van der Waals surface area contributed by atoms with Gasteiger partial charge in [0.05, 0.1) is 0 Å². The first-order valence-corrected chi connectivity index (χ1v) is 7.73. The van der Waals surface area contributed by atoms with Gasteiger partial charge in [0.2, 0.25) is 5.91 Å². The Balaban J connectivity index is 1.54. The molecule has 2 aromatic rings. The van der Waals surface area contributed by atoms with Crippen molar-refractivity contribution in [1.82, 2.24) is 4.98 Å². The van der Waals surface area contributed by atoms with E-state index in [0.29, 0.717) is 43.2 Å². The number of aromatic nitrogens is 1. The minimum atomic E-state index is -0.853. The van der Waals surface area contributed by atoms with Crippen LogP contribution in [0, 0.1) is 0 Å². The summed E-state index contributed by atoms with van der Waals surface area (Å²) in [6.07, 6.45) is 3.37. The van der Waals surface area contributed by atoms with Crippen molar-refractivity contribution >= 4 is 22.7 Å². The van der Waals surface area contributed by atoms with Crippen molar-refractivity contribution in [1.29, 1.82) is 0 Å². The van der Waals surface area contributed by atoms with Crippen LogP contribution in [0.4, 0.5) is 5.69 Å². The fraction of sp³-hybridized carbons (Fsp3) is 0.500. The zero-order valence-electron chi connectivity index (χ0n) is 12.3. The molecule has 6 nitrogen and oxygen atoms in total. The summed E-state index contributed by atoms with van der Waals surface area (Å²) >= 11 is 0. The molecule has 6 heteroatoms. The molecule has 116 valence electrons. The predicted octanol–water partition coefficient (Wildman–Crippen LogP) is 2.15. The SMILES string of the molecule is NC1(C(=O)Nc2ccc3nc(C4CC4)oc3c2)CCOCC1. The Morgan fingerprint density at radius 3 is 2.82 bits per heavy atom. The molecule has 0 atom stereocenters. The standard InChI is InChI=1S/C16H19N3O3/c17-16(5-7-21-8-6-16)15(20)18-11-3-4-12-13(9-11)22-14(19-12)10-1-2-10/h3-4,9-10H,1-2,5-8,17H2,(H,18,20). The molecule has 4 rings (SSSR count). The maximum Gasteiger partial charge on any atom is 0.244 e. The summed E-state index contributed by atoms with van der Waals surface area (Å²) in [6, 6.07) is 5.52. The van der Waals surface area contributed by atoms with E-state index >= 15 is 0 Å². The van der Waals surface area contributed by atoms with E-state index in [1.165, 1.54) is 0 Å². The number of rotatable bonds is 3. The van der Waals surface area contributed by atoms with Gasteiger partial charge in [0.15, 0.2) is 11.5 Å². The summed E-state index contributed by atoms with van der Waals surface area (Å²) < 4.78 is 11.0. The van der Waals surface area contributed by atoms with Crippen LogP contribution in [0.25, 0.3) is 11.1 Å². The fourth-order valence-electron chi connectivity index (χ4n) is 2.74. The van der Waals surface area contributed by atoms with Crippen LogP contribution < -0.4 is 11.1 Å². The Bertz CT molecular complexity index is 714. The molecule has 1 aromatic heterocycles. The molecule has 0 radical (unpaired) electrons. The molecule has 1 aliphatic carbocycles. The number of oxazole rings is 1. The summed E-state index contributed by atoms with van der Waals surface area (Å²) in [5.74, 6) is 1.11. The highest BCUT2D eigenvalue weighted by molar-refractivity contribution is 5.99. The molecule has 1 saturated heterocycles. The summed E-state index contributed by atoms with van der Waals surface area (Å²) in [5, 5.41) is 2.89. The highest BCUT2D eigenvalue weighted by atomic mass is 16.5. The van der Waals surface area contributed by atoms with Crippen LogP contribution in [0.1, 0.15) is 37.5 Å². The lowest BCUT2D eigenvalue weighted by molar-refractivity contribution is -0.124. The number of fused-ring (bicyclic) bond motifs is 1. The van der Waals surface area contributed by atoms with Crippen molar-refractivity contribution in [2.45, 2.75) is 37.1 Å². The normalized spacial score (nSPS) is 21.0. The Hall–Kier alpha value is -1.92. The fourth-order valence-corrected chi connectivity index (χ4v) is 2.74. The molecular weight excluding hydrogens is 282 g/mol. The zero-order valence-corrected chi connectivity index (χ0v) is 12.3. The first-order valence-electron chi connectivity index (χ1n) is 7.73. The van der Waals surface area contributed by atoms with Crippen LogP contribution in [-0.2, 0) is 9.53 Å². The molecule has 1 amide bonds. The molecule has 1 aromatic carbocycles. The average molecular weight is 301 g/mol. The van der Waals surface area contributed by atoms with E-state index in [4.69, 9.17) is 14.9 Å². The van der Waals surface area contributed by atoms with Gasteiger partial charge in [0.25, 0.3) is 0 Å². The minimum absolute atomic E-state index is 0.169. The maximum absolute atomic E-state index is 12.4. The number of benzene rings is 1. The van der Waals surface area contributed by atoms with Gasteiger partial charge in [0, 0.05) is 30.9 Å². The molecular formula is C16H19N3O3. The highest BCUT2D eigenvalue weighted by Gasteiger charge is 2.36. The van der Waals surface area contributed by atoms with Gasteiger partial charge in [-0.1, -0.05) is 0 Å². The molecule has 0 bridgehead atoms. The Morgan fingerprint density at radius 2 is 2.09 bits per heavy atom. The molecule has 0 unspecified atom stereocenters. The summed E-state index contributed by atoms with van der Waals surface area (Å²) in [6.45, 7) is 1.05. The van der Waals surface area contributed by atoms with E-state index in [1.807, 2.05) is 18.2 Å². The lowest BCUT2D eigenvalue weighted by Gasteiger charge is -2.31. The number of hydrogen-bond donors (Lipinski definition) is 2. The van der Waals surface area contributed by atoms with Crippen LogP contribution >= 0.6 is 0 Å². The molecule has 1 saturated carbocycles. The average Bonchev–Trinajstić information content (AvgIpc) is 3.28. The first kappa shape index (κ1) is 13.7. The molecule has 2 aliphatic rings. The Morgan fingerprint density at radius 1 is 1.32 bits per heavy atom. The van der Waals surface area contributed by atoms with Crippen molar-refractivity contribution in [2.24, 2.45) is 5.73 Å². The van der Waals surface area contributed by atoms with Gasteiger partial charge >= 0.3 is 0 Å². The Kier molecular flexibility index (Phi) is 3.16. The molecule has 2 heterocycles. The first-order chi connectivity index (χ1) is 10.6. The van der Waals surface area contributed by atoms with Gasteiger partial charge in [0.1, 0.15) is 11.1 Å². The number of carbonyl (C=O) groups excluding carboxylic acids is 1. The number of nitrogens with two attached hydrogens (primary N) is 1. The third-order valence-corrected chi connectivity index (χ3v) is 4.43. The number of ether oxygens (including phenoxy) is 1. The second-order valence-electron chi connectivity index (χ2n) is 6.23. The smallest absolute Gasteiger partial charge is 0.244 e. The van der Waals surface area contributed by atoms with Crippen molar-refractivity contribution in [3.63, 3.8) is 0 Å². The lowest BCUT2D eigenvalue weighted by Crippen LogP contribution is -2.54. The zero-order chi connectivity index (χ0) is 15.2. The van der Waals surface area contributed by atoms with Crippen molar-refractivity contribution in [3.05, 3.63) is 24.1 Å². The molecule has 3 N–H and O–H groups in total. The van der Waals surface area contributed by atoms with E-state index in [2.05, 4.69) is 10.3 Å². The molecule has 2 fully saturated rings. The molecule has 1 aliphatic heterocycles. The predicted molar refractivity (Wildman–Crippen MR) is 81.6 cm³/mol. The molecule has 22 heavy (non-hydrogen) atoms. The van der Waals surface area contributed by atoms with E-state index in [9.17, 15) is 4.79 Å². The van der Waals surface area contributed by atoms with Crippen molar-refractivity contribution in [2.75, 3.05) is 18.5 Å². The summed E-state index contributed by atoms with van der Waals surface area (Å²) in [7, 11) is 0. The number of carbonyl (C=O) groups is 1. The second kappa shape index (κ2) is 5.07. The van der Waals surface area contributed by atoms with Gasteiger partial charge in [-0.25, -0.2) is 4.98 Å². The third kappa shape index (κ3) is 2.48. The topological polar surface area (TPSA) is 90.4 Å². The summed E-state index contributed by atoms with van der Waals surface area (Å²) in [4.78, 5) is 16.9. The van der Waals surface area contributed by atoms with E-state index in [-0.39, 0.29) is 5.91 Å². The maximum atomic E-state index is 12.4. The lowest BCUT2D eigenvalue weighted by atomic mass is 9.90. The van der Waals surface area contributed by atoms with Gasteiger partial charge < -0.3 is 20.2 Å². The van der Waals surface area contributed by atoms with Crippen LogP contribution in [0.5, 0.6) is 0 Å².